The maximum Gasteiger partial charge on any atom is 0.215 e. The fourth-order valence-electron chi connectivity index (χ4n) is 1.40. The molecule has 0 aliphatic carbocycles. The van der Waals surface area contributed by atoms with Gasteiger partial charge in [0.1, 0.15) is 0 Å². The van der Waals surface area contributed by atoms with Crippen LogP contribution in [0.2, 0.25) is 0 Å². The molecule has 2 N–H and O–H groups in total. The summed E-state index contributed by atoms with van der Waals surface area (Å²) in [4.78, 5) is 4.17. The summed E-state index contributed by atoms with van der Waals surface area (Å²) < 4.78 is 5.57. The number of hydrogen-bond acceptors (Lipinski definition) is 3. The monoisotopic (exact) mass is 208 g/mol. The fourth-order valence-corrected chi connectivity index (χ4v) is 1.40. The van der Waals surface area contributed by atoms with Crippen LogP contribution >= 0.6 is 0 Å². The minimum atomic E-state index is 0.569. The van der Waals surface area contributed by atoms with Crippen molar-refractivity contribution in [3.63, 3.8) is 0 Å². The Labute approximate surface area is 91.7 Å². The standard InChI is InChI=1S/C12H20N2O/c1-4-5-9(2)8-15-12-6-11(13)10(3)7-14-12/h6-7,9H,4-5,8H2,1-3H3,(H2,13,14). The molecule has 1 atom stereocenters. The first-order valence-corrected chi connectivity index (χ1v) is 5.48. The largest absolute Gasteiger partial charge is 0.477 e. The minimum absolute atomic E-state index is 0.569. The van der Waals surface area contributed by atoms with Crippen LogP contribution in [0.1, 0.15) is 32.3 Å². The second-order valence-corrected chi connectivity index (χ2v) is 4.08. The first kappa shape index (κ1) is 11.8. The van der Waals surface area contributed by atoms with Crippen LogP contribution in [-0.2, 0) is 0 Å². The first-order chi connectivity index (χ1) is 7.13. The van der Waals surface area contributed by atoms with Crippen LogP contribution in [0.25, 0.3) is 0 Å². The summed E-state index contributed by atoms with van der Waals surface area (Å²) in [5.74, 6) is 1.19. The Bertz CT molecular complexity index is 312. The molecule has 1 rings (SSSR count). The van der Waals surface area contributed by atoms with Crippen molar-refractivity contribution >= 4 is 5.69 Å². The van der Waals surface area contributed by atoms with Crippen LogP contribution in [0.4, 0.5) is 5.69 Å². The lowest BCUT2D eigenvalue weighted by Crippen LogP contribution is -2.09. The zero-order chi connectivity index (χ0) is 11.3. The Hall–Kier alpha value is -1.25. The van der Waals surface area contributed by atoms with Gasteiger partial charge in [0.2, 0.25) is 5.88 Å². The van der Waals surface area contributed by atoms with Gasteiger partial charge in [-0.05, 0) is 24.8 Å². The highest BCUT2D eigenvalue weighted by Crippen LogP contribution is 2.16. The lowest BCUT2D eigenvalue weighted by Gasteiger charge is -2.11. The molecule has 0 aromatic carbocycles. The Morgan fingerprint density at radius 3 is 2.87 bits per heavy atom. The molecule has 0 aliphatic rings. The van der Waals surface area contributed by atoms with Gasteiger partial charge in [0.15, 0.2) is 0 Å². The van der Waals surface area contributed by atoms with Gasteiger partial charge in [0.05, 0.1) is 6.61 Å². The van der Waals surface area contributed by atoms with E-state index in [1.165, 1.54) is 12.8 Å². The van der Waals surface area contributed by atoms with E-state index in [9.17, 15) is 0 Å². The van der Waals surface area contributed by atoms with Crippen LogP contribution in [0.3, 0.4) is 0 Å². The Morgan fingerprint density at radius 1 is 1.53 bits per heavy atom. The summed E-state index contributed by atoms with van der Waals surface area (Å²) >= 11 is 0. The van der Waals surface area contributed by atoms with Crippen molar-refractivity contribution in [3.05, 3.63) is 17.8 Å². The van der Waals surface area contributed by atoms with Crippen molar-refractivity contribution < 1.29 is 4.74 Å². The smallest absolute Gasteiger partial charge is 0.215 e. The molecule has 0 saturated carbocycles. The van der Waals surface area contributed by atoms with Gasteiger partial charge in [0.25, 0.3) is 0 Å². The van der Waals surface area contributed by atoms with E-state index >= 15 is 0 Å². The topological polar surface area (TPSA) is 48.1 Å². The highest BCUT2D eigenvalue weighted by atomic mass is 16.5. The molecular formula is C12H20N2O. The quantitative estimate of drug-likeness (QED) is 0.809. The van der Waals surface area contributed by atoms with E-state index in [1.54, 1.807) is 12.3 Å². The van der Waals surface area contributed by atoms with Gasteiger partial charge in [-0.1, -0.05) is 20.3 Å². The Balaban J connectivity index is 2.47. The third-order valence-corrected chi connectivity index (χ3v) is 2.42. The highest BCUT2D eigenvalue weighted by molar-refractivity contribution is 5.47. The van der Waals surface area contributed by atoms with Gasteiger partial charge in [-0.3, -0.25) is 0 Å². The summed E-state index contributed by atoms with van der Waals surface area (Å²) in [6.07, 6.45) is 4.12. The Kier molecular flexibility index (Phi) is 4.40. The van der Waals surface area contributed by atoms with Crippen molar-refractivity contribution in [1.82, 2.24) is 4.98 Å². The van der Waals surface area contributed by atoms with Crippen LogP contribution in [0, 0.1) is 12.8 Å². The molecular weight excluding hydrogens is 188 g/mol. The molecule has 0 fully saturated rings. The van der Waals surface area contributed by atoms with Crippen molar-refractivity contribution in [2.45, 2.75) is 33.6 Å². The van der Waals surface area contributed by atoms with E-state index < -0.39 is 0 Å². The third-order valence-electron chi connectivity index (χ3n) is 2.42. The van der Waals surface area contributed by atoms with E-state index in [1.807, 2.05) is 6.92 Å². The lowest BCUT2D eigenvalue weighted by molar-refractivity contribution is 0.243. The van der Waals surface area contributed by atoms with E-state index in [0.29, 0.717) is 18.4 Å². The van der Waals surface area contributed by atoms with E-state index in [-0.39, 0.29) is 0 Å². The molecule has 0 saturated heterocycles. The average Bonchev–Trinajstić information content (AvgIpc) is 2.20. The van der Waals surface area contributed by atoms with Crippen molar-refractivity contribution in [3.8, 4) is 5.88 Å². The first-order valence-electron chi connectivity index (χ1n) is 5.48. The summed E-state index contributed by atoms with van der Waals surface area (Å²) in [7, 11) is 0. The molecule has 1 aromatic heterocycles. The molecule has 1 heterocycles. The number of hydrogen-bond donors (Lipinski definition) is 1. The van der Waals surface area contributed by atoms with Crippen molar-refractivity contribution in [2.24, 2.45) is 5.92 Å². The summed E-state index contributed by atoms with van der Waals surface area (Å²) in [5, 5.41) is 0. The molecule has 0 bridgehead atoms. The molecule has 3 nitrogen and oxygen atoms in total. The van der Waals surface area contributed by atoms with E-state index in [0.717, 1.165) is 11.3 Å². The molecule has 0 amide bonds. The van der Waals surface area contributed by atoms with Gasteiger partial charge < -0.3 is 10.5 Å². The number of aromatic nitrogens is 1. The van der Waals surface area contributed by atoms with E-state index in [2.05, 4.69) is 18.8 Å². The van der Waals surface area contributed by atoms with Crippen LogP contribution in [0.5, 0.6) is 5.88 Å². The van der Waals surface area contributed by atoms with Crippen molar-refractivity contribution in [2.75, 3.05) is 12.3 Å². The number of ether oxygens (including phenoxy) is 1. The maximum atomic E-state index is 5.77. The molecule has 15 heavy (non-hydrogen) atoms. The van der Waals surface area contributed by atoms with Gasteiger partial charge in [0, 0.05) is 18.0 Å². The maximum absolute atomic E-state index is 5.77. The predicted molar refractivity (Wildman–Crippen MR) is 63.0 cm³/mol. The van der Waals surface area contributed by atoms with Gasteiger partial charge in [-0.15, -0.1) is 0 Å². The number of anilines is 1. The molecule has 0 radical (unpaired) electrons. The fraction of sp³-hybridized carbons (Fsp3) is 0.583. The highest BCUT2D eigenvalue weighted by Gasteiger charge is 2.03. The molecule has 1 aromatic rings. The summed E-state index contributed by atoms with van der Waals surface area (Å²) in [5.41, 5.74) is 7.49. The molecule has 1 unspecified atom stereocenters. The average molecular weight is 208 g/mol. The van der Waals surface area contributed by atoms with Crippen LogP contribution < -0.4 is 10.5 Å². The van der Waals surface area contributed by atoms with Crippen LogP contribution in [0.15, 0.2) is 12.3 Å². The molecule has 0 aliphatic heterocycles. The van der Waals surface area contributed by atoms with Gasteiger partial charge in [-0.25, -0.2) is 4.98 Å². The zero-order valence-corrected chi connectivity index (χ0v) is 9.79. The summed E-state index contributed by atoms with van der Waals surface area (Å²) in [6, 6.07) is 1.79. The normalized spacial score (nSPS) is 12.5. The number of nitrogen functional groups attached to an aromatic ring is 1. The second-order valence-electron chi connectivity index (χ2n) is 4.08. The minimum Gasteiger partial charge on any atom is -0.477 e. The van der Waals surface area contributed by atoms with Gasteiger partial charge >= 0.3 is 0 Å². The number of nitrogens with two attached hydrogens (primary N) is 1. The van der Waals surface area contributed by atoms with Crippen LogP contribution in [-0.4, -0.2) is 11.6 Å². The zero-order valence-electron chi connectivity index (χ0n) is 9.79. The molecule has 84 valence electrons. The predicted octanol–water partition coefficient (Wildman–Crippen LogP) is 2.79. The number of rotatable bonds is 5. The second kappa shape index (κ2) is 5.59. The Morgan fingerprint density at radius 2 is 2.27 bits per heavy atom. The van der Waals surface area contributed by atoms with Gasteiger partial charge in [-0.2, -0.15) is 0 Å². The lowest BCUT2D eigenvalue weighted by atomic mass is 10.1. The number of pyridine rings is 1. The SMILES string of the molecule is CCCC(C)COc1cc(N)c(C)cn1. The van der Waals surface area contributed by atoms with Crippen molar-refractivity contribution in [1.29, 1.82) is 0 Å². The number of aryl methyl sites for hydroxylation is 1. The molecule has 3 heteroatoms. The summed E-state index contributed by atoms with van der Waals surface area (Å²) in [6.45, 7) is 7.01. The van der Waals surface area contributed by atoms with E-state index in [4.69, 9.17) is 10.5 Å². The number of nitrogens with zero attached hydrogens (tertiary/aromatic N) is 1. The third kappa shape index (κ3) is 3.78. The molecule has 0 spiro atoms.